The zero-order valence-electron chi connectivity index (χ0n) is 11.4. The summed E-state index contributed by atoms with van der Waals surface area (Å²) in [6, 6.07) is 9.17. The molecule has 0 fully saturated rings. The van der Waals surface area contributed by atoms with Gasteiger partial charge in [0, 0.05) is 19.0 Å². The molecular weight excluding hydrogens is 256 g/mol. The van der Waals surface area contributed by atoms with Crippen LogP contribution in [-0.4, -0.2) is 22.1 Å². The Kier molecular flexibility index (Phi) is 4.90. The first-order chi connectivity index (χ1) is 9.65. The maximum absolute atomic E-state index is 10.8. The molecule has 0 saturated carbocycles. The monoisotopic (exact) mass is 274 g/mol. The first-order valence-corrected chi connectivity index (χ1v) is 6.60. The van der Waals surface area contributed by atoms with Crippen molar-refractivity contribution >= 4 is 5.97 Å². The van der Waals surface area contributed by atoms with Crippen LogP contribution in [0.4, 0.5) is 0 Å². The van der Waals surface area contributed by atoms with Crippen LogP contribution in [0.15, 0.2) is 41.0 Å². The molecule has 0 saturated heterocycles. The third-order valence-corrected chi connectivity index (χ3v) is 3.06. The first-order valence-electron chi connectivity index (χ1n) is 6.60. The summed E-state index contributed by atoms with van der Waals surface area (Å²) >= 11 is 0. The molecule has 5 nitrogen and oxygen atoms in total. The molecule has 0 aliphatic heterocycles. The normalized spacial score (nSPS) is 12.2. The van der Waals surface area contributed by atoms with Crippen LogP contribution in [0.3, 0.4) is 0 Å². The van der Waals surface area contributed by atoms with Crippen molar-refractivity contribution in [3.05, 3.63) is 53.7 Å². The molecule has 2 aromatic heterocycles. The number of carbonyl (C=O) groups is 1. The molecule has 106 valence electrons. The van der Waals surface area contributed by atoms with Crippen LogP contribution in [0.2, 0.25) is 0 Å². The largest absolute Gasteiger partial charge is 0.477 e. The number of furan rings is 1. The average molecular weight is 274 g/mol. The van der Waals surface area contributed by atoms with Crippen molar-refractivity contribution < 1.29 is 14.3 Å². The average Bonchev–Trinajstić information content (AvgIpc) is 2.96. The van der Waals surface area contributed by atoms with E-state index in [0.717, 1.165) is 24.3 Å². The lowest BCUT2D eigenvalue weighted by Gasteiger charge is -2.12. The van der Waals surface area contributed by atoms with Gasteiger partial charge in [-0.2, -0.15) is 0 Å². The quantitative estimate of drug-likeness (QED) is 0.811. The number of carboxylic acids is 1. The van der Waals surface area contributed by atoms with Gasteiger partial charge in [-0.1, -0.05) is 6.07 Å². The molecule has 2 N–H and O–H groups in total. The number of hydrogen-bond donors (Lipinski definition) is 2. The minimum atomic E-state index is -1.00. The van der Waals surface area contributed by atoms with Crippen molar-refractivity contribution in [1.29, 1.82) is 0 Å². The maximum Gasteiger partial charge on any atom is 0.354 e. The second kappa shape index (κ2) is 6.86. The van der Waals surface area contributed by atoms with Crippen LogP contribution in [0, 0.1) is 0 Å². The van der Waals surface area contributed by atoms with Gasteiger partial charge in [0.1, 0.15) is 11.5 Å². The Balaban J connectivity index is 1.79. The molecule has 2 heterocycles. The lowest BCUT2D eigenvalue weighted by molar-refractivity contribution is 0.0690. The summed E-state index contributed by atoms with van der Waals surface area (Å²) in [5.41, 5.74) is 0.808. The molecule has 0 aliphatic rings. The van der Waals surface area contributed by atoms with Crippen molar-refractivity contribution in [2.45, 2.75) is 32.4 Å². The highest BCUT2D eigenvalue weighted by molar-refractivity contribution is 5.85. The van der Waals surface area contributed by atoms with Gasteiger partial charge in [0.2, 0.25) is 0 Å². The number of nitrogens with zero attached hydrogens (tertiary/aromatic N) is 1. The van der Waals surface area contributed by atoms with Gasteiger partial charge in [0.25, 0.3) is 0 Å². The molecule has 20 heavy (non-hydrogen) atoms. The lowest BCUT2D eigenvalue weighted by Crippen LogP contribution is -2.26. The van der Waals surface area contributed by atoms with Crippen LogP contribution in [-0.2, 0) is 13.0 Å². The van der Waals surface area contributed by atoms with E-state index >= 15 is 0 Å². The van der Waals surface area contributed by atoms with E-state index in [4.69, 9.17) is 9.52 Å². The van der Waals surface area contributed by atoms with E-state index in [1.807, 2.05) is 18.2 Å². The Morgan fingerprint density at radius 2 is 2.25 bits per heavy atom. The van der Waals surface area contributed by atoms with Gasteiger partial charge in [-0.25, -0.2) is 9.78 Å². The number of hydrogen-bond acceptors (Lipinski definition) is 4. The van der Waals surface area contributed by atoms with Crippen molar-refractivity contribution in [2.24, 2.45) is 0 Å². The molecule has 0 bridgehead atoms. The SMILES string of the molecule is CC(CCc1ccco1)NCc1cccc(C(=O)O)n1. The summed E-state index contributed by atoms with van der Waals surface area (Å²) in [6.45, 7) is 2.64. The second-order valence-electron chi connectivity index (χ2n) is 4.72. The fraction of sp³-hybridized carbons (Fsp3) is 0.333. The highest BCUT2D eigenvalue weighted by Crippen LogP contribution is 2.06. The molecular formula is C15H18N2O3. The Hall–Kier alpha value is -2.14. The molecule has 2 rings (SSSR count). The van der Waals surface area contributed by atoms with Crippen molar-refractivity contribution in [3.63, 3.8) is 0 Å². The van der Waals surface area contributed by atoms with Gasteiger partial charge in [-0.15, -0.1) is 0 Å². The summed E-state index contributed by atoms with van der Waals surface area (Å²) in [5.74, 6) is -0.0256. The first kappa shape index (κ1) is 14.3. The lowest BCUT2D eigenvalue weighted by atomic mass is 10.1. The highest BCUT2D eigenvalue weighted by Gasteiger charge is 2.07. The van der Waals surface area contributed by atoms with Crippen molar-refractivity contribution in [3.8, 4) is 0 Å². The minimum Gasteiger partial charge on any atom is -0.477 e. The topological polar surface area (TPSA) is 75.4 Å². The van der Waals surface area contributed by atoms with Crippen molar-refractivity contribution in [1.82, 2.24) is 10.3 Å². The Bertz CT molecular complexity index is 552. The van der Waals surface area contributed by atoms with E-state index < -0.39 is 5.97 Å². The Morgan fingerprint density at radius 3 is 2.95 bits per heavy atom. The van der Waals surface area contributed by atoms with E-state index in [-0.39, 0.29) is 5.69 Å². The zero-order chi connectivity index (χ0) is 14.4. The molecule has 0 aliphatic carbocycles. The number of aromatic carboxylic acids is 1. The smallest absolute Gasteiger partial charge is 0.354 e. The molecule has 1 atom stereocenters. The zero-order valence-corrected chi connectivity index (χ0v) is 11.4. The molecule has 0 spiro atoms. The molecule has 0 radical (unpaired) electrons. The minimum absolute atomic E-state index is 0.0764. The van der Waals surface area contributed by atoms with Crippen LogP contribution >= 0.6 is 0 Å². The van der Waals surface area contributed by atoms with Crippen LogP contribution in [0.5, 0.6) is 0 Å². The molecule has 0 amide bonds. The van der Waals surface area contributed by atoms with Crippen LogP contribution in [0.1, 0.15) is 35.3 Å². The second-order valence-corrected chi connectivity index (χ2v) is 4.72. The fourth-order valence-electron chi connectivity index (χ4n) is 1.89. The van der Waals surface area contributed by atoms with Gasteiger partial charge >= 0.3 is 5.97 Å². The van der Waals surface area contributed by atoms with E-state index in [1.54, 1.807) is 12.3 Å². The number of carboxylic acid groups (broad SMARTS) is 1. The summed E-state index contributed by atoms with van der Waals surface area (Å²) in [6.07, 6.45) is 3.50. The third-order valence-electron chi connectivity index (χ3n) is 3.06. The molecule has 5 heteroatoms. The number of pyridine rings is 1. The summed E-state index contributed by atoms with van der Waals surface area (Å²) in [4.78, 5) is 14.9. The third kappa shape index (κ3) is 4.20. The Morgan fingerprint density at radius 1 is 1.40 bits per heavy atom. The van der Waals surface area contributed by atoms with Gasteiger partial charge in [0.15, 0.2) is 0 Å². The Labute approximate surface area is 117 Å². The van der Waals surface area contributed by atoms with Crippen LogP contribution in [0.25, 0.3) is 0 Å². The van der Waals surface area contributed by atoms with Gasteiger partial charge in [-0.3, -0.25) is 0 Å². The number of nitrogens with one attached hydrogen (secondary N) is 1. The number of aromatic nitrogens is 1. The standard InChI is InChI=1S/C15H18N2O3/c1-11(7-8-13-5-3-9-20-13)16-10-12-4-2-6-14(17-12)15(18)19/h2-6,9,11,16H,7-8,10H2,1H3,(H,18,19). The number of rotatable bonds is 7. The van der Waals surface area contributed by atoms with Crippen molar-refractivity contribution in [2.75, 3.05) is 0 Å². The molecule has 0 aromatic carbocycles. The van der Waals surface area contributed by atoms with E-state index in [1.165, 1.54) is 6.07 Å². The summed E-state index contributed by atoms with van der Waals surface area (Å²) in [7, 11) is 0. The van der Waals surface area contributed by atoms with Crippen LogP contribution < -0.4 is 5.32 Å². The predicted molar refractivity (Wildman–Crippen MR) is 74.5 cm³/mol. The molecule has 2 aromatic rings. The summed E-state index contributed by atoms with van der Waals surface area (Å²) < 4.78 is 5.28. The molecule has 1 unspecified atom stereocenters. The van der Waals surface area contributed by atoms with Gasteiger partial charge < -0.3 is 14.8 Å². The number of aryl methyl sites for hydroxylation is 1. The maximum atomic E-state index is 10.8. The van der Waals surface area contributed by atoms with E-state index in [0.29, 0.717) is 12.6 Å². The summed E-state index contributed by atoms with van der Waals surface area (Å²) in [5, 5.41) is 12.2. The highest BCUT2D eigenvalue weighted by atomic mass is 16.4. The fourth-order valence-corrected chi connectivity index (χ4v) is 1.89. The van der Waals surface area contributed by atoms with Gasteiger partial charge in [0.05, 0.1) is 12.0 Å². The van der Waals surface area contributed by atoms with Gasteiger partial charge in [-0.05, 0) is 37.6 Å². The predicted octanol–water partition coefficient (Wildman–Crippen LogP) is 2.48. The van der Waals surface area contributed by atoms with E-state index in [2.05, 4.69) is 17.2 Å². The van der Waals surface area contributed by atoms with E-state index in [9.17, 15) is 4.79 Å².